The third-order valence-corrected chi connectivity index (χ3v) is 3.30. The summed E-state index contributed by atoms with van der Waals surface area (Å²) in [5.41, 5.74) is 0.632. The molecule has 2 rings (SSSR count). The van der Waals surface area contributed by atoms with Crippen LogP contribution >= 0.6 is 0 Å². The van der Waals surface area contributed by atoms with Crippen LogP contribution in [0, 0.1) is 17.2 Å². The van der Waals surface area contributed by atoms with Crippen molar-refractivity contribution in [3.8, 4) is 6.07 Å². The van der Waals surface area contributed by atoms with E-state index < -0.39 is 0 Å². The van der Waals surface area contributed by atoms with Crippen LogP contribution in [0.5, 0.6) is 0 Å². The molecule has 0 amide bonds. The van der Waals surface area contributed by atoms with Crippen molar-refractivity contribution in [1.82, 2.24) is 4.98 Å². The average Bonchev–Trinajstić information content (AvgIpc) is 2.39. The molecule has 0 bridgehead atoms. The van der Waals surface area contributed by atoms with E-state index in [1.54, 1.807) is 6.20 Å². The first-order valence-electron chi connectivity index (χ1n) is 5.94. The van der Waals surface area contributed by atoms with E-state index in [1.807, 2.05) is 12.1 Å². The quantitative estimate of drug-likeness (QED) is 0.761. The number of pyridine rings is 1. The molecule has 1 fully saturated rings. The van der Waals surface area contributed by atoms with E-state index in [-0.39, 0.29) is 0 Å². The minimum atomic E-state index is 0.632. The topological polar surface area (TPSA) is 39.9 Å². The summed E-state index contributed by atoms with van der Waals surface area (Å²) in [4.78, 5) is 6.68. The third-order valence-electron chi connectivity index (χ3n) is 3.30. The summed E-state index contributed by atoms with van der Waals surface area (Å²) < 4.78 is 0. The molecule has 0 radical (unpaired) electrons. The fraction of sp³-hybridized carbons (Fsp3) is 0.538. The van der Waals surface area contributed by atoms with Gasteiger partial charge in [0.05, 0.1) is 5.56 Å². The lowest BCUT2D eigenvalue weighted by molar-refractivity contribution is 0.403. The predicted octanol–water partition coefficient (Wildman–Crippen LogP) is 2.58. The van der Waals surface area contributed by atoms with Crippen molar-refractivity contribution in [2.45, 2.75) is 26.2 Å². The zero-order valence-corrected chi connectivity index (χ0v) is 9.69. The van der Waals surface area contributed by atoms with Gasteiger partial charge in [0.15, 0.2) is 0 Å². The first-order chi connectivity index (χ1) is 7.83. The van der Waals surface area contributed by atoms with E-state index >= 15 is 0 Å². The molecule has 1 saturated heterocycles. The molecule has 1 aliphatic heterocycles. The fourth-order valence-corrected chi connectivity index (χ4v) is 2.25. The Bertz CT molecular complexity index is 377. The number of anilines is 1. The van der Waals surface area contributed by atoms with Crippen LogP contribution in [0.25, 0.3) is 0 Å². The fourth-order valence-electron chi connectivity index (χ4n) is 2.25. The minimum Gasteiger partial charge on any atom is -0.356 e. The Hall–Kier alpha value is -1.56. The highest BCUT2D eigenvalue weighted by Crippen LogP contribution is 2.23. The standard InChI is InChI=1S/C13H17N3/c1-2-11-4-3-7-16(10-11)13-6-5-12(8-14)9-15-13/h5-6,9,11H,2-4,7,10H2,1H3/t11-/m0/s1. The normalized spacial score (nSPS) is 20.5. The van der Waals surface area contributed by atoms with Gasteiger partial charge in [0, 0.05) is 19.3 Å². The number of aromatic nitrogens is 1. The predicted molar refractivity (Wildman–Crippen MR) is 64.2 cm³/mol. The smallest absolute Gasteiger partial charge is 0.128 e. The first-order valence-corrected chi connectivity index (χ1v) is 5.94. The summed E-state index contributed by atoms with van der Waals surface area (Å²) in [5, 5.41) is 8.72. The largest absolute Gasteiger partial charge is 0.356 e. The van der Waals surface area contributed by atoms with E-state index in [0.29, 0.717) is 5.56 Å². The number of nitriles is 1. The van der Waals surface area contributed by atoms with Crippen molar-refractivity contribution < 1.29 is 0 Å². The highest BCUT2D eigenvalue weighted by Gasteiger charge is 2.19. The molecule has 0 unspecified atom stereocenters. The molecule has 1 atom stereocenters. The zero-order valence-electron chi connectivity index (χ0n) is 9.69. The number of nitrogens with zero attached hydrogens (tertiary/aromatic N) is 3. The van der Waals surface area contributed by atoms with Crippen LogP contribution in [-0.2, 0) is 0 Å². The van der Waals surface area contributed by atoms with E-state index in [2.05, 4.69) is 22.9 Å². The molecule has 1 aromatic heterocycles. The van der Waals surface area contributed by atoms with Crippen molar-refractivity contribution >= 4 is 5.82 Å². The minimum absolute atomic E-state index is 0.632. The van der Waals surface area contributed by atoms with Gasteiger partial charge in [0.1, 0.15) is 11.9 Å². The lowest BCUT2D eigenvalue weighted by atomic mass is 9.96. The van der Waals surface area contributed by atoms with Gasteiger partial charge in [-0.3, -0.25) is 0 Å². The summed E-state index contributed by atoms with van der Waals surface area (Å²) >= 11 is 0. The lowest BCUT2D eigenvalue weighted by Crippen LogP contribution is -2.35. The van der Waals surface area contributed by atoms with Crippen molar-refractivity contribution in [3.63, 3.8) is 0 Å². The Labute approximate surface area is 96.7 Å². The molecule has 3 heteroatoms. The third kappa shape index (κ3) is 2.33. The molecule has 0 spiro atoms. The SMILES string of the molecule is CC[C@H]1CCCN(c2ccc(C#N)cn2)C1. The second-order valence-electron chi connectivity index (χ2n) is 4.38. The monoisotopic (exact) mass is 215 g/mol. The second-order valence-corrected chi connectivity index (χ2v) is 4.38. The van der Waals surface area contributed by atoms with E-state index in [1.165, 1.54) is 19.3 Å². The van der Waals surface area contributed by atoms with Crippen molar-refractivity contribution in [1.29, 1.82) is 5.26 Å². The molecular weight excluding hydrogens is 198 g/mol. The molecular formula is C13H17N3. The summed E-state index contributed by atoms with van der Waals surface area (Å²) in [6, 6.07) is 5.90. The molecule has 1 aromatic rings. The Morgan fingerprint density at radius 2 is 2.44 bits per heavy atom. The van der Waals surface area contributed by atoms with Gasteiger partial charge in [-0.05, 0) is 30.9 Å². The Balaban J connectivity index is 2.08. The maximum Gasteiger partial charge on any atom is 0.128 e. The summed E-state index contributed by atoms with van der Waals surface area (Å²) in [6.07, 6.45) is 5.49. The summed E-state index contributed by atoms with van der Waals surface area (Å²) in [6.45, 7) is 4.45. The first kappa shape index (κ1) is 10.9. The van der Waals surface area contributed by atoms with E-state index in [4.69, 9.17) is 5.26 Å². The van der Waals surface area contributed by atoms with Gasteiger partial charge in [-0.2, -0.15) is 5.26 Å². The average molecular weight is 215 g/mol. The van der Waals surface area contributed by atoms with Crippen molar-refractivity contribution in [3.05, 3.63) is 23.9 Å². The van der Waals surface area contributed by atoms with E-state index in [0.717, 1.165) is 24.8 Å². The van der Waals surface area contributed by atoms with Crippen LogP contribution in [0.2, 0.25) is 0 Å². The van der Waals surface area contributed by atoms with Gasteiger partial charge in [-0.1, -0.05) is 13.3 Å². The number of rotatable bonds is 2. The number of piperidine rings is 1. The molecule has 16 heavy (non-hydrogen) atoms. The molecule has 2 heterocycles. The summed E-state index contributed by atoms with van der Waals surface area (Å²) in [5.74, 6) is 1.81. The molecule has 0 aliphatic carbocycles. The van der Waals surface area contributed by atoms with Crippen LogP contribution in [0.1, 0.15) is 31.7 Å². The maximum atomic E-state index is 8.72. The maximum absolute atomic E-state index is 8.72. The Kier molecular flexibility index (Phi) is 3.40. The van der Waals surface area contributed by atoms with E-state index in [9.17, 15) is 0 Å². The van der Waals surface area contributed by atoms with Crippen LogP contribution in [0.15, 0.2) is 18.3 Å². The van der Waals surface area contributed by atoms with Gasteiger partial charge in [-0.15, -0.1) is 0 Å². The van der Waals surface area contributed by atoms with Crippen LogP contribution in [0.3, 0.4) is 0 Å². The molecule has 0 saturated carbocycles. The van der Waals surface area contributed by atoms with Gasteiger partial charge >= 0.3 is 0 Å². The molecule has 0 aromatic carbocycles. The van der Waals surface area contributed by atoms with Crippen molar-refractivity contribution in [2.24, 2.45) is 5.92 Å². The molecule has 3 nitrogen and oxygen atoms in total. The molecule has 1 aliphatic rings. The highest BCUT2D eigenvalue weighted by atomic mass is 15.2. The zero-order chi connectivity index (χ0) is 11.4. The number of hydrogen-bond donors (Lipinski definition) is 0. The van der Waals surface area contributed by atoms with Gasteiger partial charge < -0.3 is 4.90 Å². The van der Waals surface area contributed by atoms with Crippen LogP contribution in [0.4, 0.5) is 5.82 Å². The summed E-state index contributed by atoms with van der Waals surface area (Å²) in [7, 11) is 0. The van der Waals surface area contributed by atoms with Gasteiger partial charge in [0.2, 0.25) is 0 Å². The lowest BCUT2D eigenvalue weighted by Gasteiger charge is -2.33. The highest BCUT2D eigenvalue weighted by molar-refractivity contribution is 5.42. The van der Waals surface area contributed by atoms with Crippen molar-refractivity contribution in [2.75, 3.05) is 18.0 Å². The second kappa shape index (κ2) is 4.98. The van der Waals surface area contributed by atoms with Crippen LogP contribution in [-0.4, -0.2) is 18.1 Å². The van der Waals surface area contributed by atoms with Gasteiger partial charge in [-0.25, -0.2) is 4.98 Å². The van der Waals surface area contributed by atoms with Crippen LogP contribution < -0.4 is 4.90 Å². The Morgan fingerprint density at radius 3 is 3.06 bits per heavy atom. The Morgan fingerprint density at radius 1 is 1.56 bits per heavy atom. The molecule has 84 valence electrons. The molecule has 0 N–H and O–H groups in total. The number of hydrogen-bond acceptors (Lipinski definition) is 3. The van der Waals surface area contributed by atoms with Gasteiger partial charge in [0.25, 0.3) is 0 Å².